The predicted molar refractivity (Wildman–Crippen MR) is 131 cm³/mol. The van der Waals surface area contributed by atoms with E-state index in [-0.39, 0.29) is 16.9 Å². The average Bonchev–Trinajstić information content (AvgIpc) is 3.09. The molecular weight excluding hydrogens is 422 g/mol. The summed E-state index contributed by atoms with van der Waals surface area (Å²) in [7, 11) is 0. The van der Waals surface area contributed by atoms with Crippen LogP contribution in [0.25, 0.3) is 0 Å². The van der Waals surface area contributed by atoms with Crippen molar-refractivity contribution in [3.05, 3.63) is 59.7 Å². The maximum absolute atomic E-state index is 12.9. The lowest BCUT2D eigenvalue weighted by molar-refractivity contribution is 0.0761. The first-order chi connectivity index (χ1) is 15.6. The van der Waals surface area contributed by atoms with E-state index in [9.17, 15) is 9.59 Å². The number of ether oxygens (including phenoxy) is 1. The molecule has 1 aliphatic heterocycles. The standard InChI is InChI=1S/C25H31N3O3S/c1-2-3-17-31-22-14-7-6-13-21(22)23(29)27-25(32)26-20-12-10-11-19(18-20)24(30)28-15-8-4-5-9-16-28/h6-7,10-14,18H,2-5,8-9,15-17H2,1H3,(H2,26,27,29,32). The minimum atomic E-state index is -0.341. The lowest BCUT2D eigenvalue weighted by Gasteiger charge is -2.20. The van der Waals surface area contributed by atoms with Gasteiger partial charge in [0, 0.05) is 24.3 Å². The van der Waals surface area contributed by atoms with Gasteiger partial charge >= 0.3 is 0 Å². The fraction of sp³-hybridized carbons (Fsp3) is 0.400. The first kappa shape index (κ1) is 23.7. The van der Waals surface area contributed by atoms with E-state index in [0.717, 1.165) is 38.8 Å². The summed E-state index contributed by atoms with van der Waals surface area (Å²) in [5.74, 6) is 0.223. The van der Waals surface area contributed by atoms with E-state index in [4.69, 9.17) is 17.0 Å². The molecule has 1 heterocycles. The summed E-state index contributed by atoms with van der Waals surface area (Å²) < 4.78 is 5.74. The van der Waals surface area contributed by atoms with Crippen LogP contribution in [0.2, 0.25) is 0 Å². The lowest BCUT2D eigenvalue weighted by atomic mass is 10.1. The maximum atomic E-state index is 12.9. The zero-order chi connectivity index (χ0) is 22.8. The van der Waals surface area contributed by atoms with Crippen LogP contribution in [0.15, 0.2) is 48.5 Å². The van der Waals surface area contributed by atoms with Crippen LogP contribution in [0.3, 0.4) is 0 Å². The first-order valence-electron chi connectivity index (χ1n) is 11.3. The molecular formula is C25H31N3O3S. The van der Waals surface area contributed by atoms with E-state index in [0.29, 0.717) is 29.2 Å². The number of carbonyl (C=O) groups is 2. The van der Waals surface area contributed by atoms with Crippen LogP contribution in [0.5, 0.6) is 5.75 Å². The minimum absolute atomic E-state index is 0.0312. The molecule has 7 heteroatoms. The Morgan fingerprint density at radius 1 is 1.03 bits per heavy atom. The molecule has 0 saturated carbocycles. The van der Waals surface area contributed by atoms with Crippen molar-refractivity contribution in [3.63, 3.8) is 0 Å². The second kappa shape index (κ2) is 12.2. The fourth-order valence-electron chi connectivity index (χ4n) is 3.63. The zero-order valence-corrected chi connectivity index (χ0v) is 19.4. The number of carbonyl (C=O) groups excluding carboxylic acids is 2. The number of likely N-dealkylation sites (tertiary alicyclic amines) is 1. The maximum Gasteiger partial charge on any atom is 0.261 e. The van der Waals surface area contributed by atoms with Gasteiger partial charge in [-0.25, -0.2) is 0 Å². The van der Waals surface area contributed by atoms with Gasteiger partial charge in [0.15, 0.2) is 5.11 Å². The number of nitrogens with one attached hydrogen (secondary N) is 2. The van der Waals surface area contributed by atoms with Gasteiger partial charge < -0.3 is 15.0 Å². The van der Waals surface area contributed by atoms with Crippen molar-refractivity contribution in [3.8, 4) is 5.75 Å². The molecule has 0 bridgehead atoms. The van der Waals surface area contributed by atoms with Gasteiger partial charge in [-0.15, -0.1) is 0 Å². The van der Waals surface area contributed by atoms with Crippen LogP contribution in [-0.2, 0) is 0 Å². The highest BCUT2D eigenvalue weighted by Gasteiger charge is 2.18. The number of thiocarbonyl (C=S) groups is 1. The van der Waals surface area contributed by atoms with E-state index >= 15 is 0 Å². The normalized spacial score (nSPS) is 13.7. The van der Waals surface area contributed by atoms with Gasteiger partial charge in [0.2, 0.25) is 0 Å². The van der Waals surface area contributed by atoms with Gasteiger partial charge in [0.05, 0.1) is 12.2 Å². The van der Waals surface area contributed by atoms with Crippen LogP contribution in [0, 0.1) is 0 Å². The lowest BCUT2D eigenvalue weighted by Crippen LogP contribution is -2.34. The highest BCUT2D eigenvalue weighted by Crippen LogP contribution is 2.19. The number of para-hydroxylation sites is 1. The van der Waals surface area contributed by atoms with Crippen molar-refractivity contribution in [1.82, 2.24) is 10.2 Å². The van der Waals surface area contributed by atoms with Crippen LogP contribution < -0.4 is 15.4 Å². The molecule has 6 nitrogen and oxygen atoms in total. The largest absolute Gasteiger partial charge is 0.493 e. The van der Waals surface area contributed by atoms with E-state index in [1.165, 1.54) is 12.8 Å². The summed E-state index contributed by atoms with van der Waals surface area (Å²) in [5.41, 5.74) is 1.70. The Balaban J connectivity index is 1.61. The molecule has 0 radical (unpaired) electrons. The van der Waals surface area contributed by atoms with Crippen molar-refractivity contribution in [2.45, 2.75) is 45.4 Å². The molecule has 1 saturated heterocycles. The number of rotatable bonds is 7. The monoisotopic (exact) mass is 453 g/mol. The molecule has 0 atom stereocenters. The summed E-state index contributed by atoms with van der Waals surface area (Å²) in [6.07, 6.45) is 6.37. The molecule has 0 spiro atoms. The topological polar surface area (TPSA) is 70.7 Å². The van der Waals surface area contributed by atoms with E-state index in [1.54, 1.807) is 24.3 Å². The summed E-state index contributed by atoms with van der Waals surface area (Å²) >= 11 is 5.33. The van der Waals surface area contributed by atoms with E-state index < -0.39 is 0 Å². The Morgan fingerprint density at radius 3 is 2.53 bits per heavy atom. The van der Waals surface area contributed by atoms with Gasteiger partial charge in [-0.1, -0.05) is 44.4 Å². The van der Waals surface area contributed by atoms with Crippen LogP contribution in [0.4, 0.5) is 5.69 Å². The number of unbranched alkanes of at least 4 members (excludes halogenated alkanes) is 1. The van der Waals surface area contributed by atoms with Crippen molar-refractivity contribution < 1.29 is 14.3 Å². The number of hydrogen-bond acceptors (Lipinski definition) is 4. The Hall–Kier alpha value is -2.93. The molecule has 1 aliphatic rings. The van der Waals surface area contributed by atoms with Gasteiger partial charge in [-0.2, -0.15) is 0 Å². The molecule has 0 unspecified atom stereocenters. The molecule has 0 aromatic heterocycles. The number of anilines is 1. The van der Waals surface area contributed by atoms with Gasteiger partial charge in [0.25, 0.3) is 11.8 Å². The van der Waals surface area contributed by atoms with Crippen LogP contribution in [-0.4, -0.2) is 41.5 Å². The second-order valence-corrected chi connectivity index (χ2v) is 8.30. The Bertz CT molecular complexity index is 940. The fourth-order valence-corrected chi connectivity index (χ4v) is 3.84. The number of benzene rings is 2. The van der Waals surface area contributed by atoms with Crippen molar-refractivity contribution in [1.29, 1.82) is 0 Å². The van der Waals surface area contributed by atoms with Gasteiger partial charge in [0.1, 0.15) is 5.75 Å². The van der Waals surface area contributed by atoms with E-state index in [2.05, 4.69) is 17.6 Å². The van der Waals surface area contributed by atoms with Gasteiger partial charge in [-0.3, -0.25) is 14.9 Å². The van der Waals surface area contributed by atoms with Crippen LogP contribution in [0.1, 0.15) is 66.2 Å². The third kappa shape index (κ3) is 6.79. The molecule has 1 fully saturated rings. The van der Waals surface area contributed by atoms with E-state index in [1.807, 2.05) is 29.2 Å². The third-order valence-corrected chi connectivity index (χ3v) is 5.58. The second-order valence-electron chi connectivity index (χ2n) is 7.89. The zero-order valence-electron chi connectivity index (χ0n) is 18.6. The van der Waals surface area contributed by atoms with Crippen molar-refractivity contribution in [2.24, 2.45) is 0 Å². The minimum Gasteiger partial charge on any atom is -0.493 e. The molecule has 2 aromatic carbocycles. The Kier molecular flexibility index (Phi) is 9.04. The summed E-state index contributed by atoms with van der Waals surface area (Å²) in [5, 5.41) is 5.88. The smallest absolute Gasteiger partial charge is 0.261 e. The number of amides is 2. The summed E-state index contributed by atoms with van der Waals surface area (Å²) in [6.45, 7) is 4.24. The summed E-state index contributed by atoms with van der Waals surface area (Å²) in [4.78, 5) is 27.5. The quantitative estimate of drug-likeness (QED) is 0.456. The van der Waals surface area contributed by atoms with Crippen LogP contribution >= 0.6 is 12.2 Å². The van der Waals surface area contributed by atoms with Crippen molar-refractivity contribution in [2.75, 3.05) is 25.0 Å². The molecule has 2 aromatic rings. The number of hydrogen-bond donors (Lipinski definition) is 2. The highest BCUT2D eigenvalue weighted by atomic mass is 32.1. The molecule has 2 amide bonds. The summed E-state index contributed by atoms with van der Waals surface area (Å²) in [6, 6.07) is 14.3. The SMILES string of the molecule is CCCCOc1ccccc1C(=O)NC(=S)Nc1cccc(C(=O)N2CCCCCC2)c1. The first-order valence-corrected chi connectivity index (χ1v) is 11.7. The van der Waals surface area contributed by atoms with Gasteiger partial charge in [-0.05, 0) is 61.8 Å². The Labute approximate surface area is 195 Å². The predicted octanol–water partition coefficient (Wildman–Crippen LogP) is 5.01. The Morgan fingerprint density at radius 2 is 1.78 bits per heavy atom. The molecule has 32 heavy (non-hydrogen) atoms. The molecule has 2 N–H and O–H groups in total. The number of nitrogens with zero attached hydrogens (tertiary/aromatic N) is 1. The highest BCUT2D eigenvalue weighted by molar-refractivity contribution is 7.80. The average molecular weight is 454 g/mol. The van der Waals surface area contributed by atoms with Crippen molar-refractivity contribution >= 4 is 34.8 Å². The molecule has 0 aliphatic carbocycles. The third-order valence-electron chi connectivity index (χ3n) is 5.37. The molecule has 170 valence electrons. The molecule has 3 rings (SSSR count).